The van der Waals surface area contributed by atoms with E-state index in [-0.39, 0.29) is 11.9 Å². The summed E-state index contributed by atoms with van der Waals surface area (Å²) in [5.74, 6) is 1.26. The van der Waals surface area contributed by atoms with E-state index in [9.17, 15) is 0 Å². The second-order valence-electron chi connectivity index (χ2n) is 5.11. The van der Waals surface area contributed by atoms with Gasteiger partial charge in [0.1, 0.15) is 5.75 Å². The van der Waals surface area contributed by atoms with E-state index in [0.717, 1.165) is 11.3 Å². The molecule has 0 aliphatic carbocycles. The fourth-order valence-electron chi connectivity index (χ4n) is 2.05. The molecule has 5 nitrogen and oxygen atoms in total. The number of aromatic nitrogens is 3. The second kappa shape index (κ2) is 7.28. The SMILES string of the molecule is Cc1cccc(OCc2nnc(SC(C)c3ccncc3)o2)c1. The van der Waals surface area contributed by atoms with Crippen LogP contribution in [0.25, 0.3) is 0 Å². The first kappa shape index (κ1) is 15.6. The summed E-state index contributed by atoms with van der Waals surface area (Å²) >= 11 is 1.52. The Bertz CT molecular complexity index is 761. The van der Waals surface area contributed by atoms with Gasteiger partial charge in [0.05, 0.1) is 0 Å². The number of hydrogen-bond donors (Lipinski definition) is 0. The van der Waals surface area contributed by atoms with Crippen molar-refractivity contribution in [2.75, 3.05) is 0 Å². The Morgan fingerprint density at radius 3 is 2.78 bits per heavy atom. The zero-order valence-electron chi connectivity index (χ0n) is 13.0. The number of benzene rings is 1. The lowest BCUT2D eigenvalue weighted by Gasteiger charge is -2.07. The molecular formula is C17H17N3O2S. The van der Waals surface area contributed by atoms with Crippen molar-refractivity contribution in [1.29, 1.82) is 0 Å². The highest BCUT2D eigenvalue weighted by Crippen LogP contribution is 2.33. The fourth-order valence-corrected chi connectivity index (χ4v) is 2.88. The molecule has 1 atom stereocenters. The van der Waals surface area contributed by atoms with Crippen molar-refractivity contribution in [3.05, 3.63) is 65.8 Å². The van der Waals surface area contributed by atoms with Gasteiger partial charge in [-0.15, -0.1) is 10.2 Å². The van der Waals surface area contributed by atoms with Crippen molar-refractivity contribution in [3.63, 3.8) is 0 Å². The molecule has 0 spiro atoms. The van der Waals surface area contributed by atoms with Crippen LogP contribution in [0, 0.1) is 6.92 Å². The van der Waals surface area contributed by atoms with E-state index in [0.29, 0.717) is 11.1 Å². The summed E-state index contributed by atoms with van der Waals surface area (Å²) in [5.41, 5.74) is 2.32. The van der Waals surface area contributed by atoms with Crippen LogP contribution in [0.15, 0.2) is 58.4 Å². The topological polar surface area (TPSA) is 61.0 Å². The molecule has 0 saturated carbocycles. The third-order valence-electron chi connectivity index (χ3n) is 3.25. The van der Waals surface area contributed by atoms with Crippen molar-refractivity contribution < 1.29 is 9.15 Å². The van der Waals surface area contributed by atoms with E-state index in [1.54, 1.807) is 12.4 Å². The summed E-state index contributed by atoms with van der Waals surface area (Å²) < 4.78 is 11.3. The Balaban J connectivity index is 1.58. The zero-order valence-corrected chi connectivity index (χ0v) is 13.8. The van der Waals surface area contributed by atoms with Gasteiger partial charge in [-0.3, -0.25) is 4.98 Å². The average molecular weight is 327 g/mol. The molecule has 6 heteroatoms. The van der Waals surface area contributed by atoms with Gasteiger partial charge in [-0.2, -0.15) is 0 Å². The molecule has 0 radical (unpaired) electrons. The van der Waals surface area contributed by atoms with Crippen LogP contribution in [0.3, 0.4) is 0 Å². The lowest BCUT2D eigenvalue weighted by atomic mass is 10.2. The maximum absolute atomic E-state index is 5.66. The van der Waals surface area contributed by atoms with Crippen LogP contribution >= 0.6 is 11.8 Å². The van der Waals surface area contributed by atoms with E-state index in [4.69, 9.17) is 9.15 Å². The highest BCUT2D eigenvalue weighted by atomic mass is 32.2. The summed E-state index contributed by atoms with van der Waals surface area (Å²) in [6, 6.07) is 11.8. The third kappa shape index (κ3) is 4.32. The molecule has 0 aliphatic heterocycles. The summed E-state index contributed by atoms with van der Waals surface area (Å²) in [6.45, 7) is 4.38. The molecule has 2 aromatic heterocycles. The molecule has 0 saturated heterocycles. The molecule has 2 heterocycles. The summed E-state index contributed by atoms with van der Waals surface area (Å²) in [7, 11) is 0. The van der Waals surface area contributed by atoms with Crippen LogP contribution in [0.4, 0.5) is 0 Å². The highest BCUT2D eigenvalue weighted by Gasteiger charge is 2.13. The Kier molecular flexibility index (Phi) is 4.92. The van der Waals surface area contributed by atoms with Crippen molar-refractivity contribution in [1.82, 2.24) is 15.2 Å². The predicted octanol–water partition coefficient (Wildman–Crippen LogP) is 4.21. The molecule has 3 rings (SSSR count). The van der Waals surface area contributed by atoms with E-state index < -0.39 is 0 Å². The normalized spacial score (nSPS) is 12.1. The maximum atomic E-state index is 5.66. The van der Waals surface area contributed by atoms with Crippen LogP contribution in [0.1, 0.15) is 29.2 Å². The van der Waals surface area contributed by atoms with Crippen molar-refractivity contribution in [3.8, 4) is 5.75 Å². The van der Waals surface area contributed by atoms with Crippen LogP contribution < -0.4 is 4.74 Å². The number of nitrogens with zero attached hydrogens (tertiary/aromatic N) is 3. The first-order valence-corrected chi connectivity index (χ1v) is 8.17. The van der Waals surface area contributed by atoms with Gasteiger partial charge in [-0.1, -0.05) is 23.9 Å². The molecule has 1 aromatic carbocycles. The largest absolute Gasteiger partial charge is 0.484 e. The fraction of sp³-hybridized carbons (Fsp3) is 0.235. The molecule has 23 heavy (non-hydrogen) atoms. The van der Waals surface area contributed by atoms with Gasteiger partial charge in [0.25, 0.3) is 11.1 Å². The Hall–Kier alpha value is -2.34. The maximum Gasteiger partial charge on any atom is 0.277 e. The number of rotatable bonds is 6. The molecule has 0 amide bonds. The van der Waals surface area contributed by atoms with E-state index in [2.05, 4.69) is 22.1 Å². The Morgan fingerprint density at radius 2 is 2.00 bits per heavy atom. The van der Waals surface area contributed by atoms with Crippen LogP contribution in [0.2, 0.25) is 0 Å². The van der Waals surface area contributed by atoms with E-state index in [1.807, 2.05) is 43.3 Å². The highest BCUT2D eigenvalue weighted by molar-refractivity contribution is 7.99. The van der Waals surface area contributed by atoms with Crippen LogP contribution in [-0.4, -0.2) is 15.2 Å². The molecule has 0 bridgehead atoms. The number of ether oxygens (including phenoxy) is 1. The number of hydrogen-bond acceptors (Lipinski definition) is 6. The van der Waals surface area contributed by atoms with Crippen molar-refractivity contribution in [2.45, 2.75) is 30.9 Å². The van der Waals surface area contributed by atoms with Gasteiger partial charge in [0.2, 0.25) is 0 Å². The Morgan fingerprint density at radius 1 is 1.17 bits per heavy atom. The smallest absolute Gasteiger partial charge is 0.277 e. The number of aryl methyl sites for hydroxylation is 1. The van der Waals surface area contributed by atoms with Crippen LogP contribution in [0.5, 0.6) is 5.75 Å². The van der Waals surface area contributed by atoms with Crippen molar-refractivity contribution >= 4 is 11.8 Å². The van der Waals surface area contributed by atoms with Gasteiger partial charge in [0, 0.05) is 17.6 Å². The van der Waals surface area contributed by atoms with Gasteiger partial charge in [0.15, 0.2) is 6.61 Å². The van der Waals surface area contributed by atoms with Crippen LogP contribution in [-0.2, 0) is 6.61 Å². The van der Waals surface area contributed by atoms with Gasteiger partial charge in [-0.25, -0.2) is 0 Å². The van der Waals surface area contributed by atoms with Gasteiger partial charge >= 0.3 is 0 Å². The monoisotopic (exact) mass is 327 g/mol. The minimum absolute atomic E-state index is 0.212. The summed E-state index contributed by atoms with van der Waals surface area (Å²) in [4.78, 5) is 4.02. The molecule has 3 aromatic rings. The van der Waals surface area contributed by atoms with Gasteiger partial charge in [-0.05, 0) is 49.2 Å². The molecule has 0 aliphatic rings. The van der Waals surface area contributed by atoms with E-state index >= 15 is 0 Å². The Labute approximate surface area is 139 Å². The summed E-state index contributed by atoms with van der Waals surface area (Å²) in [5, 5.41) is 8.84. The lowest BCUT2D eigenvalue weighted by Crippen LogP contribution is -1.95. The minimum Gasteiger partial charge on any atom is -0.484 e. The van der Waals surface area contributed by atoms with E-state index in [1.165, 1.54) is 17.3 Å². The first-order valence-electron chi connectivity index (χ1n) is 7.29. The molecule has 0 N–H and O–H groups in total. The first-order chi connectivity index (χ1) is 11.2. The lowest BCUT2D eigenvalue weighted by molar-refractivity contribution is 0.252. The van der Waals surface area contributed by atoms with Gasteiger partial charge < -0.3 is 9.15 Å². The molecule has 1 unspecified atom stereocenters. The standard InChI is InChI=1S/C17H17N3O2S/c1-12-4-3-5-15(10-12)21-11-16-19-20-17(22-16)23-13(2)14-6-8-18-9-7-14/h3-10,13H,11H2,1-2H3. The van der Waals surface area contributed by atoms with Crippen molar-refractivity contribution in [2.24, 2.45) is 0 Å². The zero-order chi connectivity index (χ0) is 16.1. The number of pyridine rings is 1. The molecule has 118 valence electrons. The molecular weight excluding hydrogens is 310 g/mol. The second-order valence-corrected chi connectivity index (χ2v) is 6.40. The molecule has 0 fully saturated rings. The quantitative estimate of drug-likeness (QED) is 0.632. The average Bonchev–Trinajstić information content (AvgIpc) is 3.01. The predicted molar refractivity (Wildman–Crippen MR) is 88.3 cm³/mol. The third-order valence-corrected chi connectivity index (χ3v) is 4.25. The summed E-state index contributed by atoms with van der Waals surface area (Å²) in [6.07, 6.45) is 3.56. The number of thioether (sulfide) groups is 1. The minimum atomic E-state index is 0.212.